The maximum absolute atomic E-state index is 11.9. The van der Waals surface area contributed by atoms with E-state index in [9.17, 15) is 13.2 Å². The van der Waals surface area contributed by atoms with Crippen molar-refractivity contribution in [3.63, 3.8) is 0 Å². The molecule has 1 aliphatic carbocycles. The minimum atomic E-state index is -3.67. The summed E-state index contributed by atoms with van der Waals surface area (Å²) in [5, 5.41) is 17.6. The largest absolute Gasteiger partial charge is 0.480 e. The molecule has 0 spiro atoms. The second-order valence-electron chi connectivity index (χ2n) is 5.27. The SMILES string of the molecule is CC(C)C(NS(=O)(=O)CC1(CC#N)CC1)C(=O)O. The summed E-state index contributed by atoms with van der Waals surface area (Å²) in [5.74, 6) is -1.67. The Morgan fingerprint density at radius 3 is 2.39 bits per heavy atom. The lowest BCUT2D eigenvalue weighted by atomic mass is 10.1. The molecule has 0 radical (unpaired) electrons. The molecule has 1 unspecified atom stereocenters. The van der Waals surface area contributed by atoms with Gasteiger partial charge in [-0.3, -0.25) is 4.79 Å². The van der Waals surface area contributed by atoms with Crippen molar-refractivity contribution in [3.8, 4) is 6.07 Å². The molecule has 0 amide bonds. The Hall–Kier alpha value is -1.13. The number of sulfonamides is 1. The van der Waals surface area contributed by atoms with E-state index in [2.05, 4.69) is 4.72 Å². The average molecular weight is 274 g/mol. The quantitative estimate of drug-likeness (QED) is 0.711. The number of carboxylic acid groups (broad SMARTS) is 1. The number of hydrogen-bond acceptors (Lipinski definition) is 4. The summed E-state index contributed by atoms with van der Waals surface area (Å²) in [6, 6.07) is 0.866. The third-order valence-corrected chi connectivity index (χ3v) is 4.75. The standard InChI is InChI=1S/C11H18N2O4S/c1-8(2)9(10(14)15)13-18(16,17)7-11(3-4-11)5-6-12/h8-9,13H,3-5,7H2,1-2H3,(H,14,15). The van der Waals surface area contributed by atoms with Crippen molar-refractivity contribution in [1.29, 1.82) is 5.26 Å². The molecule has 0 saturated heterocycles. The van der Waals surface area contributed by atoms with Crippen molar-refractivity contribution in [3.05, 3.63) is 0 Å². The lowest BCUT2D eigenvalue weighted by Crippen LogP contribution is -2.46. The third-order valence-electron chi connectivity index (χ3n) is 3.15. The van der Waals surface area contributed by atoms with Gasteiger partial charge in [-0.05, 0) is 24.2 Å². The monoisotopic (exact) mass is 274 g/mol. The summed E-state index contributed by atoms with van der Waals surface area (Å²) in [5.41, 5.74) is -0.458. The molecule has 0 aliphatic heterocycles. The molecule has 1 atom stereocenters. The van der Waals surface area contributed by atoms with E-state index >= 15 is 0 Å². The predicted octanol–water partition coefficient (Wildman–Crippen LogP) is 0.709. The number of carbonyl (C=O) groups is 1. The topological polar surface area (TPSA) is 107 Å². The molecule has 18 heavy (non-hydrogen) atoms. The number of carboxylic acids is 1. The Labute approximate surface area is 107 Å². The van der Waals surface area contributed by atoms with Gasteiger partial charge in [0, 0.05) is 6.42 Å². The molecule has 1 saturated carbocycles. The molecule has 1 aliphatic rings. The Morgan fingerprint density at radius 1 is 1.50 bits per heavy atom. The molecule has 0 heterocycles. The highest BCUT2D eigenvalue weighted by atomic mass is 32.2. The van der Waals surface area contributed by atoms with Gasteiger partial charge in [0.15, 0.2) is 0 Å². The van der Waals surface area contributed by atoms with E-state index in [4.69, 9.17) is 10.4 Å². The first-order valence-corrected chi connectivity index (χ1v) is 7.46. The van der Waals surface area contributed by atoms with Crippen LogP contribution in [-0.2, 0) is 14.8 Å². The fraction of sp³-hybridized carbons (Fsp3) is 0.818. The van der Waals surface area contributed by atoms with Crippen LogP contribution in [-0.4, -0.2) is 31.3 Å². The maximum atomic E-state index is 11.9. The van der Waals surface area contributed by atoms with Crippen LogP contribution in [0.5, 0.6) is 0 Å². The predicted molar refractivity (Wildman–Crippen MR) is 65.1 cm³/mol. The van der Waals surface area contributed by atoms with Crippen LogP contribution >= 0.6 is 0 Å². The number of nitrogens with zero attached hydrogens (tertiary/aromatic N) is 1. The van der Waals surface area contributed by atoms with Gasteiger partial charge in [-0.15, -0.1) is 0 Å². The summed E-state index contributed by atoms with van der Waals surface area (Å²) >= 11 is 0. The van der Waals surface area contributed by atoms with E-state index in [1.54, 1.807) is 13.8 Å². The fourth-order valence-corrected chi connectivity index (χ4v) is 3.87. The number of rotatable bonds is 7. The Kier molecular flexibility index (Phi) is 4.35. The van der Waals surface area contributed by atoms with E-state index in [1.165, 1.54) is 0 Å². The number of hydrogen-bond donors (Lipinski definition) is 2. The molecule has 0 aromatic heterocycles. The van der Waals surface area contributed by atoms with Gasteiger partial charge in [0.05, 0.1) is 11.8 Å². The second-order valence-corrected chi connectivity index (χ2v) is 7.03. The van der Waals surface area contributed by atoms with Crippen molar-refractivity contribution in [2.45, 2.75) is 39.2 Å². The highest BCUT2D eigenvalue weighted by Gasteiger charge is 2.46. The minimum absolute atomic E-state index is 0.163. The number of aliphatic carboxylic acids is 1. The maximum Gasteiger partial charge on any atom is 0.321 e. The molecular weight excluding hydrogens is 256 g/mol. The van der Waals surface area contributed by atoms with Crippen LogP contribution in [0.4, 0.5) is 0 Å². The molecule has 102 valence electrons. The highest BCUT2D eigenvalue weighted by Crippen LogP contribution is 2.49. The molecule has 6 nitrogen and oxygen atoms in total. The Balaban J connectivity index is 2.71. The van der Waals surface area contributed by atoms with Gasteiger partial charge in [-0.1, -0.05) is 13.8 Å². The van der Waals surface area contributed by atoms with Crippen LogP contribution in [0.1, 0.15) is 33.1 Å². The molecule has 7 heteroatoms. The summed E-state index contributed by atoms with van der Waals surface area (Å²) < 4.78 is 26.0. The molecule has 1 rings (SSSR count). The summed E-state index contributed by atoms with van der Waals surface area (Å²) in [6.07, 6.45) is 1.62. The molecule has 0 aromatic carbocycles. The first kappa shape index (κ1) is 14.9. The smallest absolute Gasteiger partial charge is 0.321 e. The van der Waals surface area contributed by atoms with Crippen molar-refractivity contribution in [2.75, 3.05) is 5.75 Å². The lowest BCUT2D eigenvalue weighted by molar-refractivity contribution is -0.140. The lowest BCUT2D eigenvalue weighted by Gasteiger charge is -2.19. The molecule has 1 fully saturated rings. The summed E-state index contributed by atoms with van der Waals surface area (Å²) in [6.45, 7) is 3.28. The Morgan fingerprint density at radius 2 is 2.06 bits per heavy atom. The van der Waals surface area contributed by atoms with E-state index < -0.39 is 27.4 Å². The van der Waals surface area contributed by atoms with Gasteiger partial charge in [-0.25, -0.2) is 13.1 Å². The first-order chi connectivity index (χ1) is 8.21. The van der Waals surface area contributed by atoms with E-state index in [1.807, 2.05) is 6.07 Å². The third kappa shape index (κ3) is 3.96. The van der Waals surface area contributed by atoms with Crippen LogP contribution in [0.25, 0.3) is 0 Å². The zero-order chi connectivity index (χ0) is 14.0. The average Bonchev–Trinajstić information content (AvgIpc) is 2.93. The van der Waals surface area contributed by atoms with Gasteiger partial charge in [0.25, 0.3) is 0 Å². The van der Waals surface area contributed by atoms with Crippen LogP contribution in [0, 0.1) is 22.7 Å². The van der Waals surface area contributed by atoms with E-state index in [0.29, 0.717) is 12.8 Å². The normalized spacial score (nSPS) is 19.2. The van der Waals surface area contributed by atoms with Crippen molar-refractivity contribution < 1.29 is 18.3 Å². The van der Waals surface area contributed by atoms with Crippen LogP contribution in [0.2, 0.25) is 0 Å². The second kappa shape index (κ2) is 5.24. The van der Waals surface area contributed by atoms with Crippen LogP contribution < -0.4 is 4.72 Å². The van der Waals surface area contributed by atoms with Gasteiger partial charge in [-0.2, -0.15) is 5.26 Å². The van der Waals surface area contributed by atoms with Crippen molar-refractivity contribution in [2.24, 2.45) is 11.3 Å². The fourth-order valence-electron chi connectivity index (χ4n) is 1.83. The summed E-state index contributed by atoms with van der Waals surface area (Å²) in [7, 11) is -3.67. The van der Waals surface area contributed by atoms with Crippen LogP contribution in [0.15, 0.2) is 0 Å². The van der Waals surface area contributed by atoms with Crippen molar-refractivity contribution >= 4 is 16.0 Å². The van der Waals surface area contributed by atoms with Gasteiger partial charge >= 0.3 is 5.97 Å². The molecule has 0 bridgehead atoms. The zero-order valence-electron chi connectivity index (χ0n) is 10.5. The molecule has 2 N–H and O–H groups in total. The van der Waals surface area contributed by atoms with Crippen molar-refractivity contribution in [1.82, 2.24) is 4.72 Å². The summed E-state index contributed by atoms with van der Waals surface area (Å²) in [4.78, 5) is 10.9. The molecule has 0 aromatic rings. The molecular formula is C11H18N2O4S. The highest BCUT2D eigenvalue weighted by molar-refractivity contribution is 7.89. The Bertz CT molecular complexity index is 460. The number of nitriles is 1. The number of nitrogens with one attached hydrogen (secondary N) is 1. The van der Waals surface area contributed by atoms with E-state index in [-0.39, 0.29) is 18.1 Å². The minimum Gasteiger partial charge on any atom is -0.480 e. The zero-order valence-corrected chi connectivity index (χ0v) is 11.3. The van der Waals surface area contributed by atoms with Gasteiger partial charge < -0.3 is 5.11 Å². The van der Waals surface area contributed by atoms with E-state index in [0.717, 1.165) is 0 Å². The first-order valence-electron chi connectivity index (χ1n) is 5.81. The van der Waals surface area contributed by atoms with Gasteiger partial charge in [0.2, 0.25) is 10.0 Å². The van der Waals surface area contributed by atoms with Gasteiger partial charge in [0.1, 0.15) is 6.04 Å². The van der Waals surface area contributed by atoms with Crippen LogP contribution in [0.3, 0.4) is 0 Å².